The molecule has 6 heteroatoms. The van der Waals surface area contributed by atoms with Gasteiger partial charge in [0.2, 0.25) is 5.88 Å². The molecule has 2 aromatic rings. The summed E-state index contributed by atoms with van der Waals surface area (Å²) in [6.45, 7) is 5.73. The molecule has 24 heavy (non-hydrogen) atoms. The number of rotatable bonds is 7. The van der Waals surface area contributed by atoms with Gasteiger partial charge in [-0.2, -0.15) is 4.98 Å². The van der Waals surface area contributed by atoms with Crippen molar-refractivity contribution in [1.29, 1.82) is 0 Å². The van der Waals surface area contributed by atoms with Gasteiger partial charge >= 0.3 is 0 Å². The fourth-order valence-corrected chi connectivity index (χ4v) is 3.34. The number of hydrogen-bond donors (Lipinski definition) is 1. The Bertz CT molecular complexity index is 772. The van der Waals surface area contributed by atoms with E-state index < -0.39 is 0 Å². The average molecular weight is 346 g/mol. The summed E-state index contributed by atoms with van der Waals surface area (Å²) in [5.74, 6) is -0.112. The van der Waals surface area contributed by atoms with Crippen molar-refractivity contribution in [2.75, 3.05) is 5.75 Å². The van der Waals surface area contributed by atoms with E-state index in [-0.39, 0.29) is 29.0 Å². The van der Waals surface area contributed by atoms with Crippen molar-refractivity contribution in [1.82, 2.24) is 9.55 Å². The first-order valence-electron chi connectivity index (χ1n) is 8.04. The normalized spacial score (nSPS) is 12.1. The molecule has 5 nitrogen and oxygen atoms in total. The molecule has 1 atom stereocenters. The maximum absolute atomic E-state index is 12.6. The first kappa shape index (κ1) is 18.3. The van der Waals surface area contributed by atoms with Crippen molar-refractivity contribution < 1.29 is 9.90 Å². The van der Waals surface area contributed by atoms with Crippen molar-refractivity contribution in [3.05, 3.63) is 51.8 Å². The fraction of sp³-hybridized carbons (Fsp3) is 0.389. The highest BCUT2D eigenvalue weighted by Crippen LogP contribution is 2.24. The molecular weight excluding hydrogens is 324 g/mol. The van der Waals surface area contributed by atoms with Gasteiger partial charge in [0, 0.05) is 11.6 Å². The summed E-state index contributed by atoms with van der Waals surface area (Å²) >= 11 is 1.18. The molecule has 0 spiro atoms. The van der Waals surface area contributed by atoms with Crippen molar-refractivity contribution in [2.24, 2.45) is 0 Å². The Labute approximate surface area is 145 Å². The quantitative estimate of drug-likeness (QED) is 0.472. The molecule has 0 saturated heterocycles. The molecule has 0 radical (unpaired) electrons. The minimum Gasteiger partial charge on any atom is -0.493 e. The number of aromatic hydroxyl groups is 1. The van der Waals surface area contributed by atoms with Crippen LogP contribution in [0.3, 0.4) is 0 Å². The minimum absolute atomic E-state index is 0.0374. The van der Waals surface area contributed by atoms with Crippen molar-refractivity contribution in [3.8, 4) is 5.88 Å². The number of nitrogens with zero attached hydrogens (tertiary/aromatic N) is 2. The van der Waals surface area contributed by atoms with Crippen molar-refractivity contribution >= 4 is 17.5 Å². The molecule has 0 aliphatic carbocycles. The van der Waals surface area contributed by atoms with Crippen LogP contribution in [0.25, 0.3) is 0 Å². The summed E-state index contributed by atoms with van der Waals surface area (Å²) in [5, 5.41) is 10.4. The van der Waals surface area contributed by atoms with Crippen LogP contribution in [0, 0.1) is 0 Å². The predicted molar refractivity (Wildman–Crippen MR) is 96.0 cm³/mol. The summed E-state index contributed by atoms with van der Waals surface area (Å²) in [6, 6.07) is 8.95. The highest BCUT2D eigenvalue weighted by atomic mass is 32.2. The van der Waals surface area contributed by atoms with Gasteiger partial charge in [-0.1, -0.05) is 55.9 Å². The number of aromatic nitrogens is 2. The van der Waals surface area contributed by atoms with Crippen LogP contribution in [0.5, 0.6) is 5.88 Å². The first-order chi connectivity index (χ1) is 11.5. The fourth-order valence-electron chi connectivity index (χ4n) is 2.36. The SMILES string of the molecule is CCc1c(O)nc(SCC(=O)c2ccccc2)n([C@@H](C)CC)c1=O. The molecule has 2 rings (SSSR count). The molecule has 1 N–H and O–H groups in total. The molecule has 0 unspecified atom stereocenters. The Morgan fingerprint density at radius 2 is 1.96 bits per heavy atom. The number of benzene rings is 1. The summed E-state index contributed by atoms with van der Waals surface area (Å²) in [5.41, 5.74) is 0.708. The third-order valence-corrected chi connectivity index (χ3v) is 4.92. The summed E-state index contributed by atoms with van der Waals surface area (Å²) in [6.07, 6.45) is 1.18. The third kappa shape index (κ3) is 3.87. The molecule has 0 aliphatic heterocycles. The van der Waals surface area contributed by atoms with Gasteiger partial charge in [-0.15, -0.1) is 0 Å². The van der Waals surface area contributed by atoms with E-state index in [0.717, 1.165) is 6.42 Å². The van der Waals surface area contributed by atoms with Crippen LogP contribution >= 0.6 is 11.8 Å². The zero-order valence-corrected chi connectivity index (χ0v) is 15.0. The lowest BCUT2D eigenvalue weighted by atomic mass is 10.2. The number of Topliss-reactive ketones (excluding diaryl/α,β-unsaturated/α-hetero) is 1. The number of carbonyl (C=O) groups excluding carboxylic acids is 1. The molecule has 1 aromatic heterocycles. The first-order valence-corrected chi connectivity index (χ1v) is 9.03. The number of hydrogen-bond acceptors (Lipinski definition) is 5. The highest BCUT2D eigenvalue weighted by molar-refractivity contribution is 7.99. The molecule has 0 bridgehead atoms. The largest absolute Gasteiger partial charge is 0.493 e. The van der Waals surface area contributed by atoms with Crippen LogP contribution in [0.1, 0.15) is 49.2 Å². The van der Waals surface area contributed by atoms with Crippen molar-refractivity contribution in [3.63, 3.8) is 0 Å². The number of thioether (sulfide) groups is 1. The van der Waals surface area contributed by atoms with Gasteiger partial charge in [-0.3, -0.25) is 14.2 Å². The molecule has 0 fully saturated rings. The Kier molecular flexibility index (Phi) is 6.20. The van der Waals surface area contributed by atoms with Crippen molar-refractivity contribution in [2.45, 2.75) is 44.8 Å². The van der Waals surface area contributed by atoms with Gasteiger partial charge in [0.15, 0.2) is 10.9 Å². The number of carbonyl (C=O) groups is 1. The van der Waals surface area contributed by atoms with Crippen LogP contribution < -0.4 is 5.56 Å². The summed E-state index contributed by atoms with van der Waals surface area (Å²) < 4.78 is 1.58. The Hall–Kier alpha value is -2.08. The minimum atomic E-state index is -0.239. The Morgan fingerprint density at radius 1 is 1.29 bits per heavy atom. The van der Waals surface area contributed by atoms with Gasteiger partial charge in [-0.25, -0.2) is 0 Å². The second-order valence-corrected chi connectivity index (χ2v) is 6.50. The zero-order chi connectivity index (χ0) is 17.7. The van der Waals surface area contributed by atoms with E-state index in [2.05, 4.69) is 4.98 Å². The Balaban J connectivity index is 2.32. The van der Waals surface area contributed by atoms with E-state index >= 15 is 0 Å². The van der Waals surface area contributed by atoms with E-state index in [4.69, 9.17) is 0 Å². The maximum Gasteiger partial charge on any atom is 0.261 e. The van der Waals surface area contributed by atoms with E-state index in [0.29, 0.717) is 22.7 Å². The zero-order valence-electron chi connectivity index (χ0n) is 14.2. The molecule has 1 aromatic carbocycles. The van der Waals surface area contributed by atoms with Gasteiger partial charge in [0.25, 0.3) is 5.56 Å². The van der Waals surface area contributed by atoms with E-state index in [9.17, 15) is 14.7 Å². The van der Waals surface area contributed by atoms with Crippen LogP contribution in [0.4, 0.5) is 0 Å². The predicted octanol–water partition coefficient (Wildman–Crippen LogP) is 3.46. The van der Waals surface area contributed by atoms with E-state index in [1.807, 2.05) is 39.0 Å². The van der Waals surface area contributed by atoms with E-state index in [1.54, 1.807) is 16.7 Å². The maximum atomic E-state index is 12.6. The lowest BCUT2D eigenvalue weighted by Gasteiger charge is -2.18. The van der Waals surface area contributed by atoms with Crippen LogP contribution in [0.15, 0.2) is 40.3 Å². The van der Waals surface area contributed by atoms with Crippen LogP contribution in [-0.2, 0) is 6.42 Å². The van der Waals surface area contributed by atoms with Crippen LogP contribution in [-0.4, -0.2) is 26.2 Å². The van der Waals surface area contributed by atoms with Gasteiger partial charge in [0.05, 0.1) is 11.3 Å². The summed E-state index contributed by atoms with van der Waals surface area (Å²) in [4.78, 5) is 29.1. The third-order valence-electron chi connectivity index (χ3n) is 3.97. The molecular formula is C18H22N2O3S. The Morgan fingerprint density at radius 3 is 2.54 bits per heavy atom. The molecule has 0 amide bonds. The van der Waals surface area contributed by atoms with Gasteiger partial charge in [0.1, 0.15) is 0 Å². The molecule has 0 aliphatic rings. The topological polar surface area (TPSA) is 72.2 Å². The highest BCUT2D eigenvalue weighted by Gasteiger charge is 2.19. The molecule has 128 valence electrons. The molecule has 1 heterocycles. The molecule has 0 saturated carbocycles. The second-order valence-electron chi connectivity index (χ2n) is 5.56. The number of ketones is 1. The van der Waals surface area contributed by atoms with Crippen LogP contribution in [0.2, 0.25) is 0 Å². The van der Waals surface area contributed by atoms with E-state index in [1.165, 1.54) is 11.8 Å². The standard InChI is InChI=1S/C18H22N2O3S/c1-4-12(3)20-17(23)14(5-2)16(22)19-18(20)24-11-15(21)13-9-7-6-8-10-13/h6-10,12,22H,4-5,11H2,1-3H3/t12-/m0/s1. The second kappa shape index (κ2) is 8.15. The average Bonchev–Trinajstić information content (AvgIpc) is 2.60. The van der Waals surface area contributed by atoms with Gasteiger partial charge < -0.3 is 5.11 Å². The lowest BCUT2D eigenvalue weighted by Crippen LogP contribution is -2.29. The monoisotopic (exact) mass is 346 g/mol. The smallest absolute Gasteiger partial charge is 0.261 e. The summed E-state index contributed by atoms with van der Waals surface area (Å²) in [7, 11) is 0. The van der Waals surface area contributed by atoms with Gasteiger partial charge in [-0.05, 0) is 19.8 Å². The lowest BCUT2D eigenvalue weighted by molar-refractivity contribution is 0.102.